The number of aromatic hydroxyl groups is 1. The molecule has 2 N–H and O–H groups in total. The summed E-state index contributed by atoms with van der Waals surface area (Å²) in [4.78, 5) is 27.0. The van der Waals surface area contributed by atoms with Gasteiger partial charge in [-0.15, -0.1) is 0 Å². The van der Waals surface area contributed by atoms with Crippen molar-refractivity contribution in [2.75, 3.05) is 4.90 Å². The largest absolute Gasteiger partial charge is 0.508 e. The summed E-state index contributed by atoms with van der Waals surface area (Å²) >= 11 is 0. The molecule has 3 rings (SSSR count). The number of aliphatic hydroxyl groups excluding tert-OH is 1. The van der Waals surface area contributed by atoms with Crippen LogP contribution in [-0.4, -0.2) is 21.9 Å². The highest BCUT2D eigenvalue weighted by atomic mass is 16.3. The lowest BCUT2D eigenvalue weighted by Crippen LogP contribution is -2.31. The fourth-order valence-corrected chi connectivity index (χ4v) is 3.22. The van der Waals surface area contributed by atoms with Crippen molar-refractivity contribution in [3.8, 4) is 5.75 Å². The Labute approximate surface area is 152 Å². The molecule has 5 heteroatoms. The van der Waals surface area contributed by atoms with Crippen molar-refractivity contribution in [1.29, 1.82) is 0 Å². The molecule has 5 nitrogen and oxygen atoms in total. The van der Waals surface area contributed by atoms with Gasteiger partial charge in [-0.1, -0.05) is 38.1 Å². The highest BCUT2D eigenvalue weighted by Gasteiger charge is 2.44. The van der Waals surface area contributed by atoms with Crippen LogP contribution in [0.25, 0.3) is 0 Å². The molecule has 1 unspecified atom stereocenters. The van der Waals surface area contributed by atoms with Gasteiger partial charge in [0.1, 0.15) is 5.75 Å². The Morgan fingerprint density at radius 1 is 1.08 bits per heavy atom. The normalized spacial score (nSPS) is 17.3. The van der Waals surface area contributed by atoms with E-state index < -0.39 is 17.7 Å². The van der Waals surface area contributed by atoms with Gasteiger partial charge in [0, 0.05) is 11.6 Å². The lowest BCUT2D eigenvalue weighted by atomic mass is 9.91. The zero-order chi connectivity index (χ0) is 19.0. The third-order valence-electron chi connectivity index (χ3n) is 4.46. The van der Waals surface area contributed by atoms with Gasteiger partial charge in [-0.25, -0.2) is 0 Å². The number of aryl methyl sites for hydroxylation is 1. The molecule has 134 valence electrons. The van der Waals surface area contributed by atoms with Crippen molar-refractivity contribution in [2.24, 2.45) is 5.92 Å². The second-order valence-corrected chi connectivity index (χ2v) is 6.79. The van der Waals surface area contributed by atoms with Crippen LogP contribution >= 0.6 is 0 Å². The number of anilines is 1. The number of aliphatic hydroxyl groups is 1. The molecule has 26 heavy (non-hydrogen) atoms. The van der Waals surface area contributed by atoms with Crippen LogP contribution in [0.1, 0.15) is 31.0 Å². The van der Waals surface area contributed by atoms with Gasteiger partial charge in [0.2, 0.25) is 0 Å². The number of phenols is 1. The van der Waals surface area contributed by atoms with E-state index in [0.717, 1.165) is 5.56 Å². The number of carbonyl (C=O) groups is 2. The van der Waals surface area contributed by atoms with Crippen molar-refractivity contribution in [2.45, 2.75) is 26.8 Å². The van der Waals surface area contributed by atoms with Crippen LogP contribution in [0.4, 0.5) is 5.69 Å². The van der Waals surface area contributed by atoms with Crippen LogP contribution in [-0.2, 0) is 9.59 Å². The summed E-state index contributed by atoms with van der Waals surface area (Å²) in [5.41, 5.74) is 2.17. The van der Waals surface area contributed by atoms with Gasteiger partial charge in [-0.2, -0.15) is 0 Å². The lowest BCUT2D eigenvalue weighted by Gasteiger charge is -2.27. The SMILES string of the molecule is Cc1cccc(N2C(=O)C(O)=C(C(=O)C(C)C)C2c2cccc(O)c2)c1. The van der Waals surface area contributed by atoms with Crippen LogP contribution < -0.4 is 4.90 Å². The molecule has 1 aliphatic rings. The quantitative estimate of drug-likeness (QED) is 0.878. The third kappa shape index (κ3) is 2.96. The number of Topliss-reactive ketones (excluding diaryl/α,β-unsaturated/α-hetero) is 1. The summed E-state index contributed by atoms with van der Waals surface area (Å²) in [5.74, 6) is -1.79. The first-order chi connectivity index (χ1) is 12.3. The molecule has 0 aliphatic carbocycles. The maximum Gasteiger partial charge on any atom is 0.294 e. The number of phenolic OH excluding ortho intramolecular Hbond substituents is 1. The van der Waals surface area contributed by atoms with Gasteiger partial charge in [0.25, 0.3) is 5.91 Å². The first-order valence-corrected chi connectivity index (χ1v) is 8.47. The standard InChI is InChI=1S/C21H21NO4/c1-12(2)19(24)17-18(14-7-5-9-16(23)11-14)22(21(26)20(17)25)15-8-4-6-13(3)10-15/h4-12,18,23,25H,1-3H3. The minimum absolute atomic E-state index is 0.0295. The van der Waals surface area contributed by atoms with Gasteiger partial charge >= 0.3 is 0 Å². The number of hydrogen-bond acceptors (Lipinski definition) is 4. The van der Waals surface area contributed by atoms with Gasteiger partial charge in [-0.3, -0.25) is 14.5 Å². The monoisotopic (exact) mass is 351 g/mol. The average Bonchev–Trinajstić information content (AvgIpc) is 2.85. The maximum atomic E-state index is 12.8. The highest BCUT2D eigenvalue weighted by Crippen LogP contribution is 2.42. The van der Waals surface area contributed by atoms with Gasteiger partial charge in [0.15, 0.2) is 11.5 Å². The lowest BCUT2D eigenvalue weighted by molar-refractivity contribution is -0.119. The molecule has 0 saturated carbocycles. The molecule has 1 amide bonds. The number of ketones is 1. The van der Waals surface area contributed by atoms with E-state index in [1.165, 1.54) is 17.0 Å². The van der Waals surface area contributed by atoms with Crippen LogP contribution in [0.15, 0.2) is 59.9 Å². The van der Waals surface area contributed by atoms with Crippen molar-refractivity contribution < 1.29 is 19.8 Å². The van der Waals surface area contributed by atoms with Gasteiger partial charge in [-0.05, 0) is 42.3 Å². The third-order valence-corrected chi connectivity index (χ3v) is 4.46. The van der Waals surface area contributed by atoms with Crippen LogP contribution in [0.2, 0.25) is 0 Å². The van der Waals surface area contributed by atoms with Crippen molar-refractivity contribution >= 4 is 17.4 Å². The van der Waals surface area contributed by atoms with E-state index in [1.807, 2.05) is 25.1 Å². The fourth-order valence-electron chi connectivity index (χ4n) is 3.22. The number of nitrogens with zero attached hydrogens (tertiary/aromatic N) is 1. The van der Waals surface area contributed by atoms with E-state index in [0.29, 0.717) is 11.3 Å². The molecule has 0 bridgehead atoms. The van der Waals surface area contributed by atoms with E-state index in [1.54, 1.807) is 32.0 Å². The Kier molecular flexibility index (Phi) is 4.55. The minimum atomic E-state index is -0.786. The Hall–Kier alpha value is -3.08. The number of benzene rings is 2. The molecule has 1 heterocycles. The molecule has 0 spiro atoms. The molecule has 1 atom stereocenters. The van der Waals surface area contributed by atoms with Crippen LogP contribution in [0.3, 0.4) is 0 Å². The molecular formula is C21H21NO4. The van der Waals surface area contributed by atoms with Crippen molar-refractivity contribution in [1.82, 2.24) is 0 Å². The number of carbonyl (C=O) groups excluding carboxylic acids is 2. The number of rotatable bonds is 4. The van der Waals surface area contributed by atoms with Crippen molar-refractivity contribution in [3.63, 3.8) is 0 Å². The molecule has 2 aromatic carbocycles. The summed E-state index contributed by atoms with van der Waals surface area (Å²) in [5, 5.41) is 20.4. The Morgan fingerprint density at radius 3 is 2.38 bits per heavy atom. The van der Waals surface area contributed by atoms with Gasteiger partial charge < -0.3 is 10.2 Å². The Morgan fingerprint density at radius 2 is 1.77 bits per heavy atom. The summed E-state index contributed by atoms with van der Waals surface area (Å²) < 4.78 is 0. The molecule has 2 aromatic rings. The fraction of sp³-hybridized carbons (Fsp3) is 0.238. The molecule has 0 saturated heterocycles. The minimum Gasteiger partial charge on any atom is -0.508 e. The Bertz CT molecular complexity index is 914. The van der Waals surface area contributed by atoms with E-state index in [9.17, 15) is 19.8 Å². The van der Waals surface area contributed by atoms with Crippen LogP contribution in [0, 0.1) is 12.8 Å². The first kappa shape index (κ1) is 17.7. The average molecular weight is 351 g/mol. The first-order valence-electron chi connectivity index (χ1n) is 8.47. The summed E-state index contributed by atoms with van der Waals surface area (Å²) in [6.45, 7) is 5.35. The topological polar surface area (TPSA) is 77.8 Å². The summed E-state index contributed by atoms with van der Waals surface area (Å²) in [6.07, 6.45) is 0. The Balaban J connectivity index is 2.21. The van der Waals surface area contributed by atoms with Crippen molar-refractivity contribution in [3.05, 3.63) is 71.0 Å². The zero-order valence-corrected chi connectivity index (χ0v) is 14.9. The second-order valence-electron chi connectivity index (χ2n) is 6.79. The van der Waals surface area contributed by atoms with E-state index >= 15 is 0 Å². The van der Waals surface area contributed by atoms with Crippen LogP contribution in [0.5, 0.6) is 5.75 Å². The number of hydrogen-bond donors (Lipinski definition) is 2. The van der Waals surface area contributed by atoms with Gasteiger partial charge in [0.05, 0.1) is 11.6 Å². The number of amides is 1. The highest BCUT2D eigenvalue weighted by molar-refractivity contribution is 6.16. The summed E-state index contributed by atoms with van der Waals surface area (Å²) in [6, 6.07) is 12.9. The molecule has 0 radical (unpaired) electrons. The summed E-state index contributed by atoms with van der Waals surface area (Å²) in [7, 11) is 0. The zero-order valence-electron chi connectivity index (χ0n) is 14.9. The molecular weight excluding hydrogens is 330 g/mol. The smallest absolute Gasteiger partial charge is 0.294 e. The maximum absolute atomic E-state index is 12.8. The molecule has 1 aliphatic heterocycles. The molecule has 0 fully saturated rings. The molecule has 0 aromatic heterocycles. The van der Waals surface area contributed by atoms with E-state index in [-0.39, 0.29) is 23.0 Å². The van der Waals surface area contributed by atoms with E-state index in [4.69, 9.17) is 0 Å². The predicted molar refractivity (Wildman–Crippen MR) is 99.0 cm³/mol. The predicted octanol–water partition coefficient (Wildman–Crippen LogP) is 3.83. The second kappa shape index (κ2) is 6.67. The van der Waals surface area contributed by atoms with E-state index in [2.05, 4.69) is 0 Å².